The number of carbonyl (C=O) groups excluding carboxylic acids is 1. The van der Waals surface area contributed by atoms with E-state index in [4.69, 9.17) is 0 Å². The highest BCUT2D eigenvalue weighted by Crippen LogP contribution is 2.25. The lowest BCUT2D eigenvalue weighted by molar-refractivity contribution is 0.0955. The van der Waals surface area contributed by atoms with Crippen molar-refractivity contribution in [3.8, 4) is 0 Å². The number of carbonyl (C=O) groups is 1. The van der Waals surface area contributed by atoms with Crippen LogP contribution in [0.15, 0.2) is 33.9 Å². The van der Waals surface area contributed by atoms with Crippen molar-refractivity contribution in [2.75, 3.05) is 13.1 Å². The lowest BCUT2D eigenvalue weighted by Gasteiger charge is -2.25. The molecule has 0 aliphatic carbocycles. The number of hydrogen-bond donors (Lipinski definition) is 1. The smallest absolute Gasteiger partial charge is 0.261 e. The van der Waals surface area contributed by atoms with Crippen LogP contribution in [0.1, 0.15) is 33.8 Å². The van der Waals surface area contributed by atoms with Gasteiger partial charge in [-0.2, -0.15) is 4.31 Å². The molecule has 0 radical (unpaired) electrons. The Kier molecular flexibility index (Phi) is 5.15. The Morgan fingerprint density at radius 3 is 2.70 bits per heavy atom. The first-order valence-corrected chi connectivity index (χ1v) is 10.7. The number of amides is 1. The standard InChI is InChI=1S/C15H18N2O3S3/c18-15(16-10-12-5-4-8-21-12)14-9-13(11-22-14)23(19,20)17-6-2-1-3-7-17/h4-5,8-9,11H,1-3,6-7,10H2,(H,16,18). The summed E-state index contributed by atoms with van der Waals surface area (Å²) in [4.78, 5) is 13.9. The Labute approximate surface area is 144 Å². The fourth-order valence-corrected chi connectivity index (χ4v) is 5.83. The fraction of sp³-hybridized carbons (Fsp3) is 0.400. The van der Waals surface area contributed by atoms with Gasteiger partial charge in [-0.3, -0.25) is 4.79 Å². The fourth-order valence-electron chi connectivity index (χ4n) is 2.50. The molecule has 1 aliphatic heterocycles. The molecule has 8 heteroatoms. The minimum absolute atomic E-state index is 0.227. The van der Waals surface area contributed by atoms with E-state index >= 15 is 0 Å². The Bertz CT molecular complexity index is 760. The quantitative estimate of drug-likeness (QED) is 0.880. The normalized spacial score (nSPS) is 16.3. The molecule has 3 heterocycles. The van der Waals surface area contributed by atoms with Crippen molar-refractivity contribution >= 4 is 38.6 Å². The van der Waals surface area contributed by atoms with Crippen LogP contribution in [-0.4, -0.2) is 31.7 Å². The van der Waals surface area contributed by atoms with Gasteiger partial charge in [0.25, 0.3) is 5.91 Å². The summed E-state index contributed by atoms with van der Waals surface area (Å²) in [6.45, 7) is 1.60. The van der Waals surface area contributed by atoms with Crippen molar-refractivity contribution in [1.29, 1.82) is 0 Å². The molecule has 23 heavy (non-hydrogen) atoms. The summed E-state index contributed by atoms with van der Waals surface area (Å²) in [5, 5.41) is 6.33. The number of rotatable bonds is 5. The molecule has 0 spiro atoms. The maximum absolute atomic E-state index is 12.6. The Morgan fingerprint density at radius 1 is 1.22 bits per heavy atom. The SMILES string of the molecule is O=C(NCc1cccs1)c1cc(S(=O)(=O)N2CCCCC2)cs1. The van der Waals surface area contributed by atoms with E-state index in [1.54, 1.807) is 16.7 Å². The topological polar surface area (TPSA) is 66.5 Å². The average Bonchev–Trinajstić information content (AvgIpc) is 3.25. The van der Waals surface area contributed by atoms with Crippen LogP contribution < -0.4 is 5.32 Å². The van der Waals surface area contributed by atoms with Gasteiger partial charge in [0.15, 0.2) is 0 Å². The van der Waals surface area contributed by atoms with Crippen molar-refractivity contribution < 1.29 is 13.2 Å². The Hall–Kier alpha value is -1.22. The van der Waals surface area contributed by atoms with Crippen molar-refractivity contribution in [2.45, 2.75) is 30.7 Å². The first-order chi connectivity index (χ1) is 11.1. The molecule has 0 saturated carbocycles. The van der Waals surface area contributed by atoms with Crippen molar-refractivity contribution in [1.82, 2.24) is 9.62 Å². The second-order valence-corrected chi connectivity index (χ2v) is 9.25. The third kappa shape index (κ3) is 3.82. The molecule has 0 aromatic carbocycles. The highest BCUT2D eigenvalue weighted by atomic mass is 32.2. The zero-order chi connectivity index (χ0) is 16.3. The molecular weight excluding hydrogens is 352 g/mol. The van der Waals surface area contributed by atoms with E-state index in [0.29, 0.717) is 24.5 Å². The number of thiophene rings is 2. The average molecular weight is 371 g/mol. The molecule has 1 fully saturated rings. The third-order valence-corrected chi connectivity index (χ3v) is 7.59. The molecular formula is C15H18N2O3S3. The lowest BCUT2D eigenvalue weighted by Crippen LogP contribution is -2.35. The van der Waals surface area contributed by atoms with Crippen LogP contribution in [0.25, 0.3) is 0 Å². The highest BCUT2D eigenvalue weighted by Gasteiger charge is 2.27. The highest BCUT2D eigenvalue weighted by molar-refractivity contribution is 7.89. The second-order valence-electron chi connectivity index (χ2n) is 5.37. The molecule has 5 nitrogen and oxygen atoms in total. The summed E-state index contributed by atoms with van der Waals surface area (Å²) >= 11 is 2.75. The Balaban J connectivity index is 1.68. The van der Waals surface area contributed by atoms with Gasteiger partial charge in [0, 0.05) is 23.3 Å². The zero-order valence-electron chi connectivity index (χ0n) is 12.5. The number of hydrogen-bond acceptors (Lipinski definition) is 5. The van der Waals surface area contributed by atoms with Crippen LogP contribution in [0, 0.1) is 0 Å². The van der Waals surface area contributed by atoms with Gasteiger partial charge < -0.3 is 5.32 Å². The summed E-state index contributed by atoms with van der Waals surface area (Å²) in [6.07, 6.45) is 2.88. The largest absolute Gasteiger partial charge is 0.346 e. The van der Waals surface area contributed by atoms with Gasteiger partial charge in [-0.15, -0.1) is 22.7 Å². The molecule has 0 bridgehead atoms. The summed E-state index contributed by atoms with van der Waals surface area (Å²) in [5.74, 6) is -0.233. The van der Waals surface area contributed by atoms with Crippen molar-refractivity contribution in [2.24, 2.45) is 0 Å². The number of piperidine rings is 1. The first-order valence-electron chi connectivity index (χ1n) is 7.46. The summed E-state index contributed by atoms with van der Waals surface area (Å²) < 4.78 is 26.7. The third-order valence-electron chi connectivity index (χ3n) is 3.76. The van der Waals surface area contributed by atoms with E-state index in [2.05, 4.69) is 5.32 Å². The van der Waals surface area contributed by atoms with E-state index < -0.39 is 10.0 Å². The molecule has 3 rings (SSSR count). The molecule has 0 atom stereocenters. The number of nitrogens with zero attached hydrogens (tertiary/aromatic N) is 1. The van der Waals surface area contributed by atoms with Crippen LogP contribution in [0.5, 0.6) is 0 Å². The zero-order valence-corrected chi connectivity index (χ0v) is 15.0. The molecule has 1 amide bonds. The van der Waals surface area contributed by atoms with Crippen LogP contribution >= 0.6 is 22.7 Å². The first kappa shape index (κ1) is 16.6. The van der Waals surface area contributed by atoms with Gasteiger partial charge >= 0.3 is 0 Å². The van der Waals surface area contributed by atoms with E-state index in [9.17, 15) is 13.2 Å². The van der Waals surface area contributed by atoms with Crippen LogP contribution in [-0.2, 0) is 16.6 Å². The second kappa shape index (κ2) is 7.12. The molecule has 1 N–H and O–H groups in total. The molecule has 1 saturated heterocycles. The van der Waals surface area contributed by atoms with Gasteiger partial charge in [0.05, 0.1) is 16.3 Å². The molecule has 124 valence electrons. The number of nitrogens with one attached hydrogen (secondary N) is 1. The van der Waals surface area contributed by atoms with Gasteiger partial charge in [-0.05, 0) is 30.4 Å². The predicted molar refractivity (Wildman–Crippen MR) is 92.4 cm³/mol. The van der Waals surface area contributed by atoms with E-state index in [1.165, 1.54) is 21.7 Å². The minimum atomic E-state index is -3.47. The summed E-state index contributed by atoms with van der Waals surface area (Å²) in [7, 11) is -3.47. The molecule has 0 unspecified atom stereocenters. The van der Waals surface area contributed by atoms with Crippen molar-refractivity contribution in [3.63, 3.8) is 0 Å². The maximum atomic E-state index is 12.6. The summed E-state index contributed by atoms with van der Waals surface area (Å²) in [5.41, 5.74) is 0. The van der Waals surface area contributed by atoms with Gasteiger partial charge in [-0.25, -0.2) is 8.42 Å². The van der Waals surface area contributed by atoms with Crippen molar-refractivity contribution in [3.05, 3.63) is 38.7 Å². The molecule has 2 aromatic heterocycles. The minimum Gasteiger partial charge on any atom is -0.346 e. The number of sulfonamides is 1. The van der Waals surface area contributed by atoms with E-state index in [1.807, 2.05) is 17.5 Å². The summed E-state index contributed by atoms with van der Waals surface area (Å²) in [6, 6.07) is 5.37. The Morgan fingerprint density at radius 2 is 2.00 bits per heavy atom. The van der Waals surface area contributed by atoms with Gasteiger partial charge in [-0.1, -0.05) is 12.5 Å². The van der Waals surface area contributed by atoms with Crippen LogP contribution in [0.4, 0.5) is 0 Å². The predicted octanol–water partition coefficient (Wildman–Crippen LogP) is 2.91. The lowest BCUT2D eigenvalue weighted by atomic mass is 10.2. The van der Waals surface area contributed by atoms with Crippen LogP contribution in [0.3, 0.4) is 0 Å². The van der Waals surface area contributed by atoms with Gasteiger partial charge in [0.1, 0.15) is 0 Å². The molecule has 1 aliphatic rings. The van der Waals surface area contributed by atoms with Crippen LogP contribution in [0.2, 0.25) is 0 Å². The monoisotopic (exact) mass is 370 g/mol. The van der Waals surface area contributed by atoms with E-state index in [-0.39, 0.29) is 10.8 Å². The maximum Gasteiger partial charge on any atom is 0.261 e. The molecule has 2 aromatic rings. The van der Waals surface area contributed by atoms with Gasteiger partial charge in [0.2, 0.25) is 10.0 Å². The van der Waals surface area contributed by atoms with E-state index in [0.717, 1.165) is 24.1 Å².